The number of nitrogens with one attached hydrogen (secondary N) is 1. The highest BCUT2D eigenvalue weighted by Gasteiger charge is 2.19. The zero-order valence-corrected chi connectivity index (χ0v) is 6.77. The van der Waals surface area contributed by atoms with Crippen molar-refractivity contribution in [1.29, 1.82) is 0 Å². The van der Waals surface area contributed by atoms with Gasteiger partial charge in [-0.2, -0.15) is 0 Å². The molecule has 60 valence electrons. The molecule has 0 aromatic carbocycles. The Kier molecular flexibility index (Phi) is 3.16. The summed E-state index contributed by atoms with van der Waals surface area (Å²) in [4.78, 5) is 0. The quantitative estimate of drug-likeness (QED) is 0.600. The summed E-state index contributed by atoms with van der Waals surface area (Å²) in [6.07, 6.45) is 5.15. The molecule has 1 saturated carbocycles. The lowest BCUT2D eigenvalue weighted by molar-refractivity contribution is 0.333. The van der Waals surface area contributed by atoms with Gasteiger partial charge in [-0.1, -0.05) is 19.8 Å². The average molecular weight is 142 g/mol. The fourth-order valence-electron chi connectivity index (χ4n) is 1.68. The third-order valence-electron chi connectivity index (χ3n) is 2.29. The Balaban J connectivity index is 2.25. The van der Waals surface area contributed by atoms with E-state index < -0.39 is 0 Å². The number of likely N-dealkylation sites (N-methyl/N-ethyl adjacent to an activating group) is 1. The molecule has 0 spiro atoms. The summed E-state index contributed by atoms with van der Waals surface area (Å²) in [5.41, 5.74) is 5.90. The van der Waals surface area contributed by atoms with Gasteiger partial charge in [0.2, 0.25) is 0 Å². The molecule has 0 radical (unpaired) electrons. The van der Waals surface area contributed by atoms with Gasteiger partial charge in [-0.15, -0.1) is 0 Å². The van der Waals surface area contributed by atoms with Gasteiger partial charge in [0.25, 0.3) is 0 Å². The standard InChI is InChI=1S/C8H18N2/c1-2-10-8-6-4-3-5-7(8)9/h7-8,10H,2-6,9H2,1H3/t7-,8-/m1/s1. The van der Waals surface area contributed by atoms with E-state index in [4.69, 9.17) is 5.73 Å². The number of nitrogens with two attached hydrogens (primary N) is 1. The summed E-state index contributed by atoms with van der Waals surface area (Å²) in [6.45, 7) is 3.19. The van der Waals surface area contributed by atoms with Crippen LogP contribution >= 0.6 is 0 Å². The zero-order chi connectivity index (χ0) is 7.40. The summed E-state index contributed by atoms with van der Waals surface area (Å²) in [5, 5.41) is 3.41. The van der Waals surface area contributed by atoms with Gasteiger partial charge in [0.05, 0.1) is 0 Å². The van der Waals surface area contributed by atoms with E-state index in [1.807, 2.05) is 0 Å². The maximum atomic E-state index is 5.90. The first-order valence-electron chi connectivity index (χ1n) is 4.33. The van der Waals surface area contributed by atoms with Crippen molar-refractivity contribution < 1.29 is 0 Å². The Morgan fingerprint density at radius 2 is 2.10 bits per heavy atom. The van der Waals surface area contributed by atoms with Crippen molar-refractivity contribution >= 4 is 0 Å². The molecule has 2 atom stereocenters. The maximum Gasteiger partial charge on any atom is 0.0218 e. The Morgan fingerprint density at radius 1 is 1.40 bits per heavy atom. The van der Waals surface area contributed by atoms with Crippen LogP contribution in [0, 0.1) is 0 Å². The summed E-state index contributed by atoms with van der Waals surface area (Å²) < 4.78 is 0. The van der Waals surface area contributed by atoms with Crippen molar-refractivity contribution in [2.75, 3.05) is 6.54 Å². The van der Waals surface area contributed by atoms with Crippen molar-refractivity contribution in [3.63, 3.8) is 0 Å². The summed E-state index contributed by atoms with van der Waals surface area (Å²) in [5.74, 6) is 0. The average Bonchev–Trinajstić information content (AvgIpc) is 1.94. The first-order valence-corrected chi connectivity index (χ1v) is 4.33. The number of hydrogen-bond acceptors (Lipinski definition) is 2. The lowest BCUT2D eigenvalue weighted by Gasteiger charge is -2.28. The second kappa shape index (κ2) is 3.94. The second-order valence-electron chi connectivity index (χ2n) is 3.11. The third kappa shape index (κ3) is 1.96. The smallest absolute Gasteiger partial charge is 0.0218 e. The Labute approximate surface area is 63.2 Å². The monoisotopic (exact) mass is 142 g/mol. The third-order valence-corrected chi connectivity index (χ3v) is 2.29. The SMILES string of the molecule is CCN[C@@H]1CCCC[C@H]1N. The fraction of sp³-hybridized carbons (Fsp3) is 1.00. The van der Waals surface area contributed by atoms with Gasteiger partial charge >= 0.3 is 0 Å². The van der Waals surface area contributed by atoms with E-state index in [0.717, 1.165) is 6.54 Å². The molecule has 10 heavy (non-hydrogen) atoms. The highest BCUT2D eigenvalue weighted by molar-refractivity contribution is 4.82. The van der Waals surface area contributed by atoms with Crippen molar-refractivity contribution in [2.45, 2.75) is 44.7 Å². The van der Waals surface area contributed by atoms with Gasteiger partial charge in [-0.05, 0) is 19.4 Å². The molecule has 2 heteroatoms. The molecule has 0 aromatic rings. The second-order valence-corrected chi connectivity index (χ2v) is 3.11. The Hall–Kier alpha value is -0.0800. The predicted molar refractivity (Wildman–Crippen MR) is 43.9 cm³/mol. The molecule has 0 saturated heterocycles. The van der Waals surface area contributed by atoms with Crippen LogP contribution in [0.25, 0.3) is 0 Å². The van der Waals surface area contributed by atoms with E-state index in [1.54, 1.807) is 0 Å². The minimum Gasteiger partial charge on any atom is -0.326 e. The molecule has 1 aliphatic carbocycles. The lowest BCUT2D eigenvalue weighted by atomic mass is 9.91. The van der Waals surface area contributed by atoms with Gasteiger partial charge in [0.15, 0.2) is 0 Å². The van der Waals surface area contributed by atoms with E-state index in [0.29, 0.717) is 12.1 Å². The molecule has 1 rings (SSSR count). The van der Waals surface area contributed by atoms with E-state index in [2.05, 4.69) is 12.2 Å². The van der Waals surface area contributed by atoms with Crippen LogP contribution in [0.5, 0.6) is 0 Å². The molecule has 0 aliphatic heterocycles. The molecule has 1 fully saturated rings. The highest BCUT2D eigenvalue weighted by Crippen LogP contribution is 2.16. The van der Waals surface area contributed by atoms with Gasteiger partial charge < -0.3 is 11.1 Å². The molecule has 0 aromatic heterocycles. The minimum atomic E-state index is 0.411. The molecule has 2 nitrogen and oxygen atoms in total. The summed E-state index contributed by atoms with van der Waals surface area (Å²) in [6, 6.07) is 1.01. The van der Waals surface area contributed by atoms with Crippen LogP contribution in [0.4, 0.5) is 0 Å². The molecule has 3 N–H and O–H groups in total. The van der Waals surface area contributed by atoms with Crippen LogP contribution in [0.15, 0.2) is 0 Å². The van der Waals surface area contributed by atoms with Gasteiger partial charge in [-0.25, -0.2) is 0 Å². The molecular formula is C8H18N2. The van der Waals surface area contributed by atoms with E-state index in [1.165, 1.54) is 25.7 Å². The zero-order valence-electron chi connectivity index (χ0n) is 6.77. The molecule has 1 aliphatic rings. The van der Waals surface area contributed by atoms with Crippen LogP contribution in [-0.4, -0.2) is 18.6 Å². The van der Waals surface area contributed by atoms with E-state index in [-0.39, 0.29) is 0 Å². The van der Waals surface area contributed by atoms with Crippen molar-refractivity contribution in [2.24, 2.45) is 5.73 Å². The Morgan fingerprint density at radius 3 is 2.70 bits per heavy atom. The molecule has 0 unspecified atom stereocenters. The van der Waals surface area contributed by atoms with Crippen molar-refractivity contribution in [3.8, 4) is 0 Å². The number of rotatable bonds is 2. The van der Waals surface area contributed by atoms with Gasteiger partial charge in [0, 0.05) is 12.1 Å². The summed E-state index contributed by atoms with van der Waals surface area (Å²) >= 11 is 0. The van der Waals surface area contributed by atoms with Crippen LogP contribution in [0.3, 0.4) is 0 Å². The first kappa shape index (κ1) is 8.02. The van der Waals surface area contributed by atoms with Crippen LogP contribution in [-0.2, 0) is 0 Å². The lowest BCUT2D eigenvalue weighted by Crippen LogP contribution is -2.46. The molecule has 0 amide bonds. The fourth-order valence-corrected chi connectivity index (χ4v) is 1.68. The normalized spacial score (nSPS) is 34.2. The molecular weight excluding hydrogens is 124 g/mol. The number of hydrogen-bond donors (Lipinski definition) is 2. The van der Waals surface area contributed by atoms with Crippen LogP contribution in [0.2, 0.25) is 0 Å². The van der Waals surface area contributed by atoms with Crippen LogP contribution in [0.1, 0.15) is 32.6 Å². The van der Waals surface area contributed by atoms with Crippen molar-refractivity contribution in [1.82, 2.24) is 5.32 Å². The summed E-state index contributed by atoms with van der Waals surface area (Å²) in [7, 11) is 0. The van der Waals surface area contributed by atoms with Gasteiger partial charge in [0.1, 0.15) is 0 Å². The van der Waals surface area contributed by atoms with Crippen molar-refractivity contribution in [3.05, 3.63) is 0 Å². The molecule has 0 heterocycles. The van der Waals surface area contributed by atoms with Gasteiger partial charge in [-0.3, -0.25) is 0 Å². The van der Waals surface area contributed by atoms with E-state index in [9.17, 15) is 0 Å². The largest absolute Gasteiger partial charge is 0.326 e. The maximum absolute atomic E-state index is 5.90. The van der Waals surface area contributed by atoms with E-state index >= 15 is 0 Å². The minimum absolute atomic E-state index is 0.411. The topological polar surface area (TPSA) is 38.0 Å². The Bertz CT molecular complexity index is 91.3. The van der Waals surface area contributed by atoms with Crippen LogP contribution < -0.4 is 11.1 Å². The highest BCUT2D eigenvalue weighted by atomic mass is 14.9. The first-order chi connectivity index (χ1) is 4.84. The predicted octanol–water partition coefficient (Wildman–Crippen LogP) is 0.866. The molecule has 0 bridgehead atoms.